The first-order chi connectivity index (χ1) is 9.97. The van der Waals surface area contributed by atoms with Crippen molar-refractivity contribution < 1.29 is 4.79 Å². The lowest BCUT2D eigenvalue weighted by atomic mass is 10.1. The van der Waals surface area contributed by atoms with Crippen molar-refractivity contribution >= 4 is 29.1 Å². The van der Waals surface area contributed by atoms with E-state index in [-0.39, 0.29) is 11.9 Å². The first-order valence-corrected chi connectivity index (χ1v) is 7.43. The molecule has 0 fully saturated rings. The molecule has 2 aromatic heterocycles. The summed E-state index contributed by atoms with van der Waals surface area (Å²) in [5.74, 6) is 1.67. The second kappa shape index (κ2) is 5.35. The third kappa shape index (κ3) is 2.53. The molecule has 3 heterocycles. The van der Waals surface area contributed by atoms with E-state index in [0.717, 1.165) is 24.5 Å². The largest absolute Gasteiger partial charge is 0.346 e. The van der Waals surface area contributed by atoms with Crippen LogP contribution in [0.25, 0.3) is 0 Å². The fourth-order valence-corrected chi connectivity index (χ4v) is 2.98. The van der Waals surface area contributed by atoms with Crippen molar-refractivity contribution in [2.24, 2.45) is 7.05 Å². The van der Waals surface area contributed by atoms with Crippen LogP contribution in [0, 0.1) is 6.92 Å². The van der Waals surface area contributed by atoms with Gasteiger partial charge in [0.1, 0.15) is 22.5 Å². The van der Waals surface area contributed by atoms with Crippen LogP contribution in [0.5, 0.6) is 0 Å². The summed E-state index contributed by atoms with van der Waals surface area (Å²) in [4.78, 5) is 12.3. The number of amides is 1. The Labute approximate surface area is 132 Å². The minimum Gasteiger partial charge on any atom is -0.346 e. The standard InChI is InChI=1S/C13H15Cl2N5O/c1-7-17-18-11-4-3-8(6-20(7)11)16-13(21)10-5-9(14)12(15)19(10)2/h5,8H,3-4,6H2,1-2H3,(H,16,21). The Bertz CT molecular complexity index is 706. The number of nitrogens with zero attached hydrogens (tertiary/aromatic N) is 4. The fraction of sp³-hybridized carbons (Fsp3) is 0.462. The second-order valence-corrected chi connectivity index (χ2v) is 5.98. The summed E-state index contributed by atoms with van der Waals surface area (Å²) in [5.41, 5.74) is 0.455. The molecule has 0 radical (unpaired) electrons. The predicted molar refractivity (Wildman–Crippen MR) is 79.8 cm³/mol. The van der Waals surface area contributed by atoms with Crippen molar-refractivity contribution in [3.05, 3.63) is 33.6 Å². The highest BCUT2D eigenvalue weighted by Crippen LogP contribution is 2.25. The number of aryl methyl sites for hydroxylation is 2. The minimum atomic E-state index is -0.175. The van der Waals surface area contributed by atoms with Crippen LogP contribution in [0.1, 0.15) is 28.6 Å². The molecule has 8 heteroatoms. The number of rotatable bonds is 2. The first-order valence-electron chi connectivity index (χ1n) is 6.67. The number of aromatic nitrogens is 4. The maximum atomic E-state index is 12.3. The van der Waals surface area contributed by atoms with Crippen LogP contribution in [-0.4, -0.2) is 31.3 Å². The molecule has 6 nitrogen and oxygen atoms in total. The molecule has 0 saturated carbocycles. The zero-order valence-corrected chi connectivity index (χ0v) is 13.2. The van der Waals surface area contributed by atoms with E-state index in [9.17, 15) is 4.79 Å². The van der Waals surface area contributed by atoms with Gasteiger partial charge in [-0.1, -0.05) is 23.2 Å². The van der Waals surface area contributed by atoms with Crippen molar-refractivity contribution in [3.63, 3.8) is 0 Å². The fourth-order valence-electron chi connectivity index (χ4n) is 2.60. The van der Waals surface area contributed by atoms with E-state index in [1.54, 1.807) is 17.7 Å². The zero-order valence-electron chi connectivity index (χ0n) is 11.7. The van der Waals surface area contributed by atoms with Gasteiger partial charge in [-0.05, 0) is 19.4 Å². The summed E-state index contributed by atoms with van der Waals surface area (Å²) in [6.07, 6.45) is 1.65. The smallest absolute Gasteiger partial charge is 0.268 e. The number of carbonyl (C=O) groups is 1. The van der Waals surface area contributed by atoms with Crippen LogP contribution in [-0.2, 0) is 20.0 Å². The lowest BCUT2D eigenvalue weighted by Gasteiger charge is -2.25. The monoisotopic (exact) mass is 327 g/mol. The van der Waals surface area contributed by atoms with E-state index in [1.165, 1.54) is 0 Å². The lowest BCUT2D eigenvalue weighted by molar-refractivity contribution is 0.0919. The maximum absolute atomic E-state index is 12.3. The summed E-state index contributed by atoms with van der Waals surface area (Å²) in [7, 11) is 1.71. The van der Waals surface area contributed by atoms with Crippen molar-refractivity contribution in [2.75, 3.05) is 0 Å². The van der Waals surface area contributed by atoms with Crippen molar-refractivity contribution in [1.29, 1.82) is 0 Å². The molecule has 0 aromatic carbocycles. The van der Waals surface area contributed by atoms with Crippen molar-refractivity contribution in [2.45, 2.75) is 32.4 Å². The molecule has 2 aromatic rings. The molecule has 1 unspecified atom stereocenters. The van der Waals surface area contributed by atoms with Crippen LogP contribution in [0.2, 0.25) is 10.2 Å². The molecule has 1 aliphatic rings. The van der Waals surface area contributed by atoms with Gasteiger partial charge >= 0.3 is 0 Å². The Hall–Kier alpha value is -1.53. The van der Waals surface area contributed by atoms with E-state index in [2.05, 4.69) is 15.5 Å². The number of carbonyl (C=O) groups excluding carboxylic acids is 1. The number of hydrogen-bond acceptors (Lipinski definition) is 3. The van der Waals surface area contributed by atoms with Crippen LogP contribution < -0.4 is 5.32 Å². The van der Waals surface area contributed by atoms with E-state index >= 15 is 0 Å². The normalized spacial score (nSPS) is 17.6. The first kappa shape index (κ1) is 14.4. The summed E-state index contributed by atoms with van der Waals surface area (Å²) in [5, 5.41) is 11.9. The SMILES string of the molecule is Cc1nnc2n1CC(NC(=O)c1cc(Cl)c(Cl)n1C)CC2. The van der Waals surface area contributed by atoms with E-state index in [1.807, 2.05) is 11.5 Å². The maximum Gasteiger partial charge on any atom is 0.268 e. The molecular formula is C13H15Cl2N5O. The van der Waals surface area contributed by atoms with E-state index < -0.39 is 0 Å². The highest BCUT2D eigenvalue weighted by atomic mass is 35.5. The van der Waals surface area contributed by atoms with Crippen molar-refractivity contribution in [3.8, 4) is 0 Å². The van der Waals surface area contributed by atoms with Gasteiger partial charge in [0.2, 0.25) is 0 Å². The topological polar surface area (TPSA) is 64.7 Å². The van der Waals surface area contributed by atoms with Gasteiger partial charge in [-0.3, -0.25) is 4.79 Å². The van der Waals surface area contributed by atoms with E-state index in [4.69, 9.17) is 23.2 Å². The molecule has 21 heavy (non-hydrogen) atoms. The van der Waals surface area contributed by atoms with Crippen molar-refractivity contribution in [1.82, 2.24) is 24.6 Å². The predicted octanol–water partition coefficient (Wildman–Crippen LogP) is 1.98. The number of halogens is 2. The quantitative estimate of drug-likeness (QED) is 0.917. The lowest BCUT2D eigenvalue weighted by Crippen LogP contribution is -2.41. The highest BCUT2D eigenvalue weighted by Gasteiger charge is 2.24. The Balaban J connectivity index is 1.74. The molecule has 112 valence electrons. The van der Waals surface area contributed by atoms with Gasteiger partial charge in [-0.15, -0.1) is 10.2 Å². The molecule has 1 atom stereocenters. The zero-order chi connectivity index (χ0) is 15.1. The minimum absolute atomic E-state index is 0.0483. The molecule has 1 amide bonds. The van der Waals surface area contributed by atoms with Crippen LogP contribution >= 0.6 is 23.2 Å². The second-order valence-electron chi connectivity index (χ2n) is 5.21. The highest BCUT2D eigenvalue weighted by molar-refractivity contribution is 6.41. The van der Waals surface area contributed by atoms with Crippen LogP contribution in [0.4, 0.5) is 0 Å². The summed E-state index contributed by atoms with van der Waals surface area (Å²) >= 11 is 11.9. The molecule has 0 spiro atoms. The molecule has 0 saturated heterocycles. The Morgan fingerprint density at radius 1 is 1.43 bits per heavy atom. The van der Waals surface area contributed by atoms with Gasteiger partial charge in [0.25, 0.3) is 5.91 Å². The van der Waals surface area contributed by atoms with Gasteiger partial charge < -0.3 is 14.5 Å². The van der Waals surface area contributed by atoms with Gasteiger partial charge in [0.15, 0.2) is 0 Å². The Morgan fingerprint density at radius 2 is 2.19 bits per heavy atom. The molecule has 3 rings (SSSR count). The Morgan fingerprint density at radius 3 is 2.86 bits per heavy atom. The molecular weight excluding hydrogens is 313 g/mol. The van der Waals surface area contributed by atoms with Gasteiger partial charge in [0, 0.05) is 26.1 Å². The number of nitrogens with one attached hydrogen (secondary N) is 1. The average Bonchev–Trinajstić information content (AvgIpc) is 2.95. The molecule has 1 aliphatic heterocycles. The molecule has 1 N–H and O–H groups in total. The number of hydrogen-bond donors (Lipinski definition) is 1. The Kier molecular flexibility index (Phi) is 3.67. The molecule has 0 bridgehead atoms. The third-order valence-electron chi connectivity index (χ3n) is 3.82. The van der Waals surface area contributed by atoms with Gasteiger partial charge in [-0.2, -0.15) is 0 Å². The third-order valence-corrected chi connectivity index (χ3v) is 4.66. The molecule has 0 aliphatic carbocycles. The summed E-state index contributed by atoms with van der Waals surface area (Å²) in [6, 6.07) is 1.63. The van der Waals surface area contributed by atoms with Gasteiger partial charge in [-0.25, -0.2) is 0 Å². The van der Waals surface area contributed by atoms with Crippen LogP contribution in [0.3, 0.4) is 0 Å². The van der Waals surface area contributed by atoms with E-state index in [0.29, 0.717) is 22.4 Å². The van der Waals surface area contributed by atoms with Gasteiger partial charge in [0.05, 0.1) is 5.02 Å². The number of fused-ring (bicyclic) bond motifs is 1. The summed E-state index contributed by atoms with van der Waals surface area (Å²) in [6.45, 7) is 2.60. The van der Waals surface area contributed by atoms with Crippen LogP contribution in [0.15, 0.2) is 6.07 Å². The average molecular weight is 328 g/mol. The summed E-state index contributed by atoms with van der Waals surface area (Å²) < 4.78 is 3.62.